The highest BCUT2D eigenvalue weighted by Gasteiger charge is 2.36. The molecule has 2 saturated heterocycles. The van der Waals surface area contributed by atoms with Crippen molar-refractivity contribution in [3.8, 4) is 17.2 Å². The predicted octanol–water partition coefficient (Wildman–Crippen LogP) is 2.59. The van der Waals surface area contributed by atoms with Crippen molar-refractivity contribution in [2.45, 2.75) is 25.3 Å². The third-order valence-corrected chi connectivity index (χ3v) is 7.60. The van der Waals surface area contributed by atoms with E-state index in [1.165, 1.54) is 6.20 Å². The van der Waals surface area contributed by atoms with Gasteiger partial charge in [-0.3, -0.25) is 9.69 Å². The van der Waals surface area contributed by atoms with E-state index in [9.17, 15) is 9.18 Å². The summed E-state index contributed by atoms with van der Waals surface area (Å²) in [5.41, 5.74) is 1.91. The molecule has 222 valence electrons. The summed E-state index contributed by atoms with van der Waals surface area (Å²) in [5.74, 6) is 1.96. The maximum atomic E-state index is 14.7. The molecule has 0 radical (unpaired) electrons. The lowest BCUT2D eigenvalue weighted by Crippen LogP contribution is -2.47. The van der Waals surface area contributed by atoms with Gasteiger partial charge in [0.1, 0.15) is 5.75 Å². The Labute approximate surface area is 244 Å². The molecule has 11 nitrogen and oxygen atoms in total. The Kier molecular flexibility index (Phi) is 8.36. The fourth-order valence-electron chi connectivity index (χ4n) is 5.54. The Morgan fingerprint density at radius 3 is 2.74 bits per heavy atom. The van der Waals surface area contributed by atoms with E-state index < -0.39 is 5.82 Å². The molecule has 0 saturated carbocycles. The second kappa shape index (κ2) is 12.5. The van der Waals surface area contributed by atoms with E-state index in [1.54, 1.807) is 7.11 Å². The molecule has 1 aromatic heterocycles. The van der Waals surface area contributed by atoms with Crippen LogP contribution in [0.4, 0.5) is 16.2 Å². The van der Waals surface area contributed by atoms with Crippen LogP contribution in [0.5, 0.6) is 17.2 Å². The van der Waals surface area contributed by atoms with Crippen LogP contribution in [0.1, 0.15) is 11.1 Å². The molecule has 3 aromatic rings. The van der Waals surface area contributed by atoms with Crippen molar-refractivity contribution in [3.63, 3.8) is 0 Å². The number of likely N-dealkylation sites (N-methyl/N-ethyl adjacent to an activating group) is 1. The highest BCUT2D eigenvalue weighted by Crippen LogP contribution is 2.33. The zero-order valence-corrected chi connectivity index (χ0v) is 23.8. The highest BCUT2D eigenvalue weighted by atomic mass is 19.1. The first-order chi connectivity index (χ1) is 20.4. The van der Waals surface area contributed by atoms with Gasteiger partial charge < -0.3 is 34.1 Å². The van der Waals surface area contributed by atoms with Gasteiger partial charge in [-0.2, -0.15) is 4.98 Å². The number of nitrogens with one attached hydrogen (secondary N) is 1. The quantitative estimate of drug-likeness (QED) is 0.499. The Morgan fingerprint density at radius 1 is 1.05 bits per heavy atom. The van der Waals surface area contributed by atoms with Crippen LogP contribution in [-0.2, 0) is 27.4 Å². The number of hydrogen-bond acceptors (Lipinski definition) is 10. The van der Waals surface area contributed by atoms with Gasteiger partial charge in [0, 0.05) is 32.7 Å². The number of ether oxygens (including phenoxy) is 4. The molecule has 0 aliphatic carbocycles. The highest BCUT2D eigenvalue weighted by molar-refractivity contribution is 5.78. The number of carbonyl (C=O) groups is 1. The maximum Gasteiger partial charge on any atom is 0.234 e. The second-order valence-corrected chi connectivity index (χ2v) is 10.8. The van der Waals surface area contributed by atoms with Crippen LogP contribution in [0.15, 0.2) is 48.7 Å². The fraction of sp³-hybridized carbons (Fsp3) is 0.433. The molecule has 3 aliphatic rings. The van der Waals surface area contributed by atoms with Crippen molar-refractivity contribution in [1.82, 2.24) is 20.2 Å². The Bertz CT molecular complexity index is 1420. The van der Waals surface area contributed by atoms with Crippen LogP contribution in [0.2, 0.25) is 0 Å². The number of rotatable bonds is 3. The Hall–Kier alpha value is -4.00. The van der Waals surface area contributed by atoms with E-state index in [1.807, 2.05) is 64.2 Å². The summed E-state index contributed by atoms with van der Waals surface area (Å²) in [4.78, 5) is 27.8. The van der Waals surface area contributed by atoms with E-state index in [2.05, 4.69) is 15.3 Å². The van der Waals surface area contributed by atoms with Gasteiger partial charge in [0.15, 0.2) is 23.1 Å². The minimum Gasteiger partial charge on any atom is -0.493 e. The van der Waals surface area contributed by atoms with Gasteiger partial charge in [0.2, 0.25) is 11.9 Å². The van der Waals surface area contributed by atoms with E-state index in [-0.39, 0.29) is 30.4 Å². The number of halogens is 1. The van der Waals surface area contributed by atoms with Crippen molar-refractivity contribution < 1.29 is 28.1 Å². The monoisotopic (exact) mass is 578 g/mol. The number of hydrogen-bond donors (Lipinski definition) is 1. The molecule has 6 rings (SSSR count). The topological polar surface area (TPSA) is 102 Å². The predicted molar refractivity (Wildman–Crippen MR) is 154 cm³/mol. The molecule has 3 aliphatic heterocycles. The first-order valence-corrected chi connectivity index (χ1v) is 14.1. The van der Waals surface area contributed by atoms with Gasteiger partial charge in [-0.05, 0) is 42.4 Å². The maximum absolute atomic E-state index is 14.7. The number of fused-ring (bicyclic) bond motifs is 5. The summed E-state index contributed by atoms with van der Waals surface area (Å²) in [7, 11) is 3.50. The first-order valence-electron chi connectivity index (χ1n) is 14.1. The van der Waals surface area contributed by atoms with Gasteiger partial charge in [-0.15, -0.1) is 0 Å². The van der Waals surface area contributed by atoms with Crippen LogP contribution in [0, 0.1) is 5.82 Å². The summed E-state index contributed by atoms with van der Waals surface area (Å²) in [6.45, 7) is 4.07. The van der Waals surface area contributed by atoms with Gasteiger partial charge >= 0.3 is 0 Å². The van der Waals surface area contributed by atoms with E-state index in [0.29, 0.717) is 75.7 Å². The SMILES string of the molecule is COc1ccc2cc1Oc1cccc(c1)CO[C@H]1CN(c3ncc(F)c(N4CCOCC4)n3)C[C@@H]1NC(=O)CN(C)C2. The Balaban J connectivity index is 1.25. The third kappa shape index (κ3) is 6.40. The number of morpholine rings is 1. The number of nitrogens with zero attached hydrogens (tertiary/aromatic N) is 5. The van der Waals surface area contributed by atoms with Crippen LogP contribution in [0.3, 0.4) is 0 Å². The molecule has 1 amide bonds. The van der Waals surface area contributed by atoms with E-state index >= 15 is 0 Å². The lowest BCUT2D eigenvalue weighted by atomic mass is 10.1. The molecule has 2 fully saturated rings. The molecule has 1 N–H and O–H groups in total. The van der Waals surface area contributed by atoms with Crippen molar-refractivity contribution in [3.05, 3.63) is 65.6 Å². The molecule has 0 unspecified atom stereocenters. The molecular weight excluding hydrogens is 543 g/mol. The fourth-order valence-corrected chi connectivity index (χ4v) is 5.54. The van der Waals surface area contributed by atoms with Crippen molar-refractivity contribution in [1.29, 1.82) is 0 Å². The minimum atomic E-state index is -0.470. The Morgan fingerprint density at radius 2 is 1.90 bits per heavy atom. The minimum absolute atomic E-state index is 0.119. The molecule has 12 heteroatoms. The van der Waals surface area contributed by atoms with Crippen molar-refractivity contribution in [2.24, 2.45) is 0 Å². The first kappa shape index (κ1) is 28.1. The van der Waals surface area contributed by atoms with Gasteiger partial charge in [-0.1, -0.05) is 18.2 Å². The van der Waals surface area contributed by atoms with E-state index in [4.69, 9.17) is 18.9 Å². The van der Waals surface area contributed by atoms with Gasteiger partial charge in [-0.25, -0.2) is 9.37 Å². The zero-order chi connectivity index (χ0) is 29.1. The molecular formula is C30H35FN6O5. The smallest absolute Gasteiger partial charge is 0.234 e. The summed E-state index contributed by atoms with van der Waals surface area (Å²) in [6.07, 6.45) is 0.866. The summed E-state index contributed by atoms with van der Waals surface area (Å²) in [5, 5.41) is 3.16. The summed E-state index contributed by atoms with van der Waals surface area (Å²) < 4.78 is 38.2. The molecule has 4 bridgehead atoms. The lowest BCUT2D eigenvalue weighted by molar-refractivity contribution is -0.123. The largest absolute Gasteiger partial charge is 0.493 e. The molecule has 0 spiro atoms. The zero-order valence-electron chi connectivity index (χ0n) is 23.8. The second-order valence-electron chi connectivity index (χ2n) is 10.8. The number of anilines is 2. The van der Waals surface area contributed by atoms with Crippen molar-refractivity contribution in [2.75, 3.05) is 69.9 Å². The molecule has 4 heterocycles. The molecule has 2 aromatic carbocycles. The normalized spacial score (nSPS) is 21.8. The average molecular weight is 579 g/mol. The van der Waals surface area contributed by atoms with E-state index in [0.717, 1.165) is 11.1 Å². The van der Waals surface area contributed by atoms with Crippen LogP contribution >= 0.6 is 0 Å². The number of carbonyl (C=O) groups excluding carboxylic acids is 1. The third-order valence-electron chi connectivity index (χ3n) is 7.60. The number of aromatic nitrogens is 2. The average Bonchev–Trinajstić information content (AvgIpc) is 3.38. The number of methoxy groups -OCH3 is 1. The number of benzene rings is 2. The standard InChI is InChI=1S/C30H35FN6O5/c1-35-15-20-6-7-25(39-2)26(13-20)42-22-5-3-4-21(12-22)19-41-27-17-37(16-24(27)33-28(38)18-35)30-32-14-23(31)29(34-30)36-8-10-40-11-9-36/h3-7,12-14,24,27H,8-11,15-19H2,1-2H3,(H,33,38)/t24-,27-/m0/s1. The van der Waals surface area contributed by atoms with Crippen LogP contribution < -0.4 is 24.6 Å². The van der Waals surface area contributed by atoms with Gasteiger partial charge in [0.25, 0.3) is 0 Å². The van der Waals surface area contributed by atoms with Gasteiger partial charge in [0.05, 0.1) is 51.8 Å². The van der Waals surface area contributed by atoms with Crippen LogP contribution in [0.25, 0.3) is 0 Å². The summed E-state index contributed by atoms with van der Waals surface area (Å²) >= 11 is 0. The van der Waals surface area contributed by atoms with Crippen LogP contribution in [-0.4, -0.2) is 93.0 Å². The number of amides is 1. The van der Waals surface area contributed by atoms with Crippen molar-refractivity contribution >= 4 is 17.7 Å². The molecule has 2 atom stereocenters. The summed E-state index contributed by atoms with van der Waals surface area (Å²) in [6, 6.07) is 13.2. The lowest BCUT2D eigenvalue weighted by Gasteiger charge is -2.28. The molecule has 42 heavy (non-hydrogen) atoms.